The van der Waals surface area contributed by atoms with Crippen LogP contribution in [0.15, 0.2) is 6.33 Å². The van der Waals surface area contributed by atoms with E-state index < -0.39 is 0 Å². The predicted octanol–water partition coefficient (Wildman–Crippen LogP) is 3.56. The second-order valence-electron chi connectivity index (χ2n) is 7.35. The molecule has 1 aliphatic carbocycles. The van der Waals surface area contributed by atoms with Crippen LogP contribution in [0.25, 0.3) is 0 Å². The summed E-state index contributed by atoms with van der Waals surface area (Å²) in [5.74, 6) is 1.03. The van der Waals surface area contributed by atoms with Crippen LogP contribution >= 0.6 is 11.3 Å². The normalized spacial score (nSPS) is 18.4. The fraction of sp³-hybridized carbons (Fsp3) is 0.706. The highest BCUT2D eigenvalue weighted by atomic mass is 32.1. The molecule has 1 unspecified atom stereocenters. The Balaban J connectivity index is 1.81. The summed E-state index contributed by atoms with van der Waals surface area (Å²) in [6, 6.07) is 0.460. The lowest BCUT2D eigenvalue weighted by molar-refractivity contribution is 0.200. The summed E-state index contributed by atoms with van der Waals surface area (Å²) in [6.07, 6.45) is 6.27. The molecule has 0 saturated heterocycles. The number of fused-ring (bicyclic) bond motifs is 1. The van der Waals surface area contributed by atoms with Crippen LogP contribution in [0.3, 0.4) is 0 Å². The van der Waals surface area contributed by atoms with Gasteiger partial charge in [-0.2, -0.15) is 5.10 Å². The molecule has 0 aliphatic heterocycles. The molecule has 0 radical (unpaired) electrons. The van der Waals surface area contributed by atoms with Gasteiger partial charge in [-0.1, -0.05) is 6.92 Å². The maximum Gasteiger partial charge on any atom is 0.141 e. The standard InChI is InChI=1S/C17H27N5S/c1-6-15-20-12-8-7-9-13(16(12)23-15)21(5)10-14-18-11-19-22(14)17(2,3)4/h11,13H,6-10H2,1-5H3. The molecule has 0 amide bonds. The summed E-state index contributed by atoms with van der Waals surface area (Å²) < 4.78 is 2.04. The lowest BCUT2D eigenvalue weighted by Gasteiger charge is -2.31. The minimum Gasteiger partial charge on any atom is -0.291 e. The van der Waals surface area contributed by atoms with Gasteiger partial charge in [-0.05, 0) is 53.5 Å². The first kappa shape index (κ1) is 16.6. The Hall–Kier alpha value is -1.27. The van der Waals surface area contributed by atoms with Gasteiger partial charge in [-0.25, -0.2) is 14.6 Å². The van der Waals surface area contributed by atoms with Gasteiger partial charge in [-0.3, -0.25) is 4.90 Å². The number of aryl methyl sites for hydroxylation is 2. The van der Waals surface area contributed by atoms with E-state index in [-0.39, 0.29) is 5.54 Å². The van der Waals surface area contributed by atoms with Crippen LogP contribution in [-0.2, 0) is 24.9 Å². The summed E-state index contributed by atoms with van der Waals surface area (Å²) in [6.45, 7) is 9.51. The van der Waals surface area contributed by atoms with Gasteiger partial charge < -0.3 is 0 Å². The maximum absolute atomic E-state index is 4.81. The molecule has 0 N–H and O–H groups in total. The van der Waals surface area contributed by atoms with Crippen molar-refractivity contribution in [2.45, 2.75) is 71.5 Å². The van der Waals surface area contributed by atoms with E-state index in [0.29, 0.717) is 6.04 Å². The van der Waals surface area contributed by atoms with E-state index in [1.165, 1.54) is 28.4 Å². The highest BCUT2D eigenvalue weighted by molar-refractivity contribution is 7.11. The molecular weight excluding hydrogens is 306 g/mol. The first-order chi connectivity index (χ1) is 10.9. The van der Waals surface area contributed by atoms with Crippen molar-refractivity contribution in [2.75, 3.05) is 7.05 Å². The van der Waals surface area contributed by atoms with Crippen LogP contribution in [-0.4, -0.2) is 31.7 Å². The van der Waals surface area contributed by atoms with Crippen molar-refractivity contribution < 1.29 is 0 Å². The van der Waals surface area contributed by atoms with Crippen molar-refractivity contribution in [3.8, 4) is 0 Å². The van der Waals surface area contributed by atoms with Crippen LogP contribution in [0, 0.1) is 0 Å². The first-order valence-electron chi connectivity index (χ1n) is 8.48. The van der Waals surface area contributed by atoms with Crippen molar-refractivity contribution in [1.82, 2.24) is 24.6 Å². The van der Waals surface area contributed by atoms with E-state index in [1.807, 2.05) is 16.0 Å². The highest BCUT2D eigenvalue weighted by Gasteiger charge is 2.29. The molecule has 1 atom stereocenters. The average Bonchev–Trinajstić information content (AvgIpc) is 3.11. The molecule has 5 nitrogen and oxygen atoms in total. The Morgan fingerprint density at radius 3 is 2.87 bits per heavy atom. The van der Waals surface area contributed by atoms with Crippen molar-refractivity contribution in [2.24, 2.45) is 0 Å². The molecule has 126 valence electrons. The Kier molecular flexibility index (Phi) is 4.56. The lowest BCUT2D eigenvalue weighted by Crippen LogP contribution is -2.31. The lowest BCUT2D eigenvalue weighted by atomic mass is 9.97. The number of aromatic nitrogens is 4. The molecule has 2 aromatic heterocycles. The molecule has 6 heteroatoms. The van der Waals surface area contributed by atoms with Gasteiger partial charge in [0, 0.05) is 10.9 Å². The van der Waals surface area contributed by atoms with Crippen molar-refractivity contribution in [1.29, 1.82) is 0 Å². The van der Waals surface area contributed by atoms with Crippen LogP contribution in [0.4, 0.5) is 0 Å². The Morgan fingerprint density at radius 1 is 1.39 bits per heavy atom. The second-order valence-corrected chi connectivity index (χ2v) is 8.47. The quantitative estimate of drug-likeness (QED) is 0.858. The van der Waals surface area contributed by atoms with E-state index in [1.54, 1.807) is 6.33 Å². The van der Waals surface area contributed by atoms with E-state index >= 15 is 0 Å². The second kappa shape index (κ2) is 6.32. The zero-order chi connectivity index (χ0) is 16.6. The summed E-state index contributed by atoms with van der Waals surface area (Å²) in [5.41, 5.74) is 1.29. The fourth-order valence-electron chi connectivity index (χ4n) is 3.29. The molecule has 0 bridgehead atoms. The zero-order valence-corrected chi connectivity index (χ0v) is 15.7. The molecule has 23 heavy (non-hydrogen) atoms. The number of rotatable bonds is 4. The molecule has 0 saturated carbocycles. The number of thiazole rings is 1. The third kappa shape index (κ3) is 3.33. The molecule has 3 rings (SSSR count). The molecule has 2 aromatic rings. The summed E-state index contributed by atoms with van der Waals surface area (Å²) in [7, 11) is 2.20. The van der Waals surface area contributed by atoms with Gasteiger partial charge in [-0.15, -0.1) is 11.3 Å². The smallest absolute Gasteiger partial charge is 0.141 e. The van der Waals surface area contributed by atoms with Gasteiger partial charge in [0.15, 0.2) is 0 Å². The monoisotopic (exact) mass is 333 g/mol. The van der Waals surface area contributed by atoms with Crippen molar-refractivity contribution in [3.63, 3.8) is 0 Å². The molecular formula is C17H27N5S. The summed E-state index contributed by atoms with van der Waals surface area (Å²) in [4.78, 5) is 13.2. The molecule has 2 heterocycles. The van der Waals surface area contributed by atoms with Gasteiger partial charge >= 0.3 is 0 Å². The van der Waals surface area contributed by atoms with E-state index in [0.717, 1.165) is 25.2 Å². The van der Waals surface area contributed by atoms with E-state index in [9.17, 15) is 0 Å². The molecule has 0 fully saturated rings. The number of hydrogen-bond donors (Lipinski definition) is 0. The van der Waals surface area contributed by atoms with Gasteiger partial charge in [0.1, 0.15) is 12.2 Å². The zero-order valence-electron chi connectivity index (χ0n) is 14.8. The fourth-order valence-corrected chi connectivity index (χ4v) is 4.54. The third-order valence-corrected chi connectivity index (χ3v) is 5.79. The van der Waals surface area contributed by atoms with Crippen LogP contribution < -0.4 is 0 Å². The predicted molar refractivity (Wildman–Crippen MR) is 93.7 cm³/mol. The first-order valence-corrected chi connectivity index (χ1v) is 9.30. The number of nitrogens with zero attached hydrogens (tertiary/aromatic N) is 5. The Labute approximate surface area is 142 Å². The third-order valence-electron chi connectivity index (χ3n) is 4.44. The SMILES string of the molecule is CCc1nc2c(s1)C(N(C)Cc1ncnn1C(C)(C)C)CCC2. The average molecular weight is 334 g/mol. The van der Waals surface area contributed by atoms with Crippen molar-refractivity contribution >= 4 is 11.3 Å². The maximum atomic E-state index is 4.81. The van der Waals surface area contributed by atoms with Gasteiger partial charge in [0.05, 0.1) is 22.8 Å². The van der Waals surface area contributed by atoms with Crippen LogP contribution in [0.1, 0.15) is 68.0 Å². The Morgan fingerprint density at radius 2 is 2.17 bits per heavy atom. The summed E-state index contributed by atoms with van der Waals surface area (Å²) in [5, 5.41) is 5.69. The van der Waals surface area contributed by atoms with Gasteiger partial charge in [0.2, 0.25) is 0 Å². The van der Waals surface area contributed by atoms with Crippen LogP contribution in [0.2, 0.25) is 0 Å². The minimum atomic E-state index is -0.0374. The van der Waals surface area contributed by atoms with Gasteiger partial charge in [0.25, 0.3) is 0 Å². The number of hydrogen-bond acceptors (Lipinski definition) is 5. The topological polar surface area (TPSA) is 46.8 Å². The summed E-state index contributed by atoms with van der Waals surface area (Å²) >= 11 is 1.90. The molecule has 0 spiro atoms. The largest absolute Gasteiger partial charge is 0.291 e. The highest BCUT2D eigenvalue weighted by Crippen LogP contribution is 2.38. The molecule has 1 aliphatic rings. The molecule has 0 aromatic carbocycles. The van der Waals surface area contributed by atoms with Crippen LogP contribution in [0.5, 0.6) is 0 Å². The van der Waals surface area contributed by atoms with Crippen molar-refractivity contribution in [3.05, 3.63) is 27.7 Å². The minimum absolute atomic E-state index is 0.0374. The van der Waals surface area contributed by atoms with E-state index in [4.69, 9.17) is 4.98 Å². The Bertz CT molecular complexity index is 667. The van der Waals surface area contributed by atoms with E-state index in [2.05, 4.69) is 49.7 Å².